The molecule has 1 unspecified atom stereocenters. The van der Waals surface area contributed by atoms with Crippen molar-refractivity contribution in [3.8, 4) is 11.5 Å². The summed E-state index contributed by atoms with van der Waals surface area (Å²) in [5.74, 6) is 1.80. The van der Waals surface area contributed by atoms with Crippen LogP contribution in [0.15, 0.2) is 10.5 Å². The van der Waals surface area contributed by atoms with Crippen molar-refractivity contribution in [2.45, 2.75) is 32.2 Å². The Morgan fingerprint density at radius 1 is 1.33 bits per heavy atom. The molecule has 0 spiro atoms. The minimum Gasteiger partial charge on any atom is -0.496 e. The Kier molecular flexibility index (Phi) is 3.87. The SMILES string of the molecule is COc1cc(C)c(OC)c(Br)c1C1(C)CCCN1. The van der Waals surface area contributed by atoms with E-state index in [1.54, 1.807) is 14.2 Å². The first kappa shape index (κ1) is 13.7. The molecule has 0 aromatic heterocycles. The average molecular weight is 314 g/mol. The predicted octanol–water partition coefficient (Wildman–Crippen LogP) is 3.37. The maximum Gasteiger partial charge on any atom is 0.136 e. The van der Waals surface area contributed by atoms with Crippen molar-refractivity contribution in [3.63, 3.8) is 0 Å². The monoisotopic (exact) mass is 313 g/mol. The van der Waals surface area contributed by atoms with Crippen molar-refractivity contribution in [2.75, 3.05) is 20.8 Å². The smallest absolute Gasteiger partial charge is 0.136 e. The lowest BCUT2D eigenvalue weighted by Gasteiger charge is -2.29. The number of ether oxygens (including phenoxy) is 2. The molecule has 1 saturated heterocycles. The van der Waals surface area contributed by atoms with E-state index in [2.05, 4.69) is 28.2 Å². The number of rotatable bonds is 3. The van der Waals surface area contributed by atoms with Crippen molar-refractivity contribution < 1.29 is 9.47 Å². The third kappa shape index (κ3) is 2.12. The second-order valence-electron chi connectivity index (χ2n) is 4.98. The summed E-state index contributed by atoms with van der Waals surface area (Å²) in [4.78, 5) is 0. The van der Waals surface area contributed by atoms with Gasteiger partial charge in [-0.1, -0.05) is 0 Å². The van der Waals surface area contributed by atoms with Crippen LogP contribution in [0.4, 0.5) is 0 Å². The first-order valence-corrected chi connectivity index (χ1v) is 6.99. The zero-order valence-electron chi connectivity index (χ0n) is 11.4. The van der Waals surface area contributed by atoms with Crippen LogP contribution in [0.5, 0.6) is 11.5 Å². The minimum absolute atomic E-state index is 0.0504. The van der Waals surface area contributed by atoms with Crippen molar-refractivity contribution in [3.05, 3.63) is 21.7 Å². The van der Waals surface area contributed by atoms with Gasteiger partial charge in [-0.3, -0.25) is 0 Å². The second kappa shape index (κ2) is 5.10. The van der Waals surface area contributed by atoms with E-state index in [-0.39, 0.29) is 5.54 Å². The Morgan fingerprint density at radius 3 is 2.56 bits per heavy atom. The van der Waals surface area contributed by atoms with Crippen LogP contribution in [0.1, 0.15) is 30.9 Å². The van der Waals surface area contributed by atoms with Gasteiger partial charge in [0.25, 0.3) is 0 Å². The summed E-state index contributed by atoms with van der Waals surface area (Å²) in [6, 6.07) is 2.05. The van der Waals surface area contributed by atoms with Crippen LogP contribution >= 0.6 is 15.9 Å². The lowest BCUT2D eigenvalue weighted by molar-refractivity contribution is 0.360. The van der Waals surface area contributed by atoms with E-state index in [0.717, 1.165) is 40.1 Å². The van der Waals surface area contributed by atoms with Gasteiger partial charge in [0.1, 0.15) is 11.5 Å². The Bertz CT molecular complexity index is 454. The molecule has 1 aliphatic rings. The molecule has 0 radical (unpaired) electrons. The van der Waals surface area contributed by atoms with E-state index >= 15 is 0 Å². The molecule has 0 bridgehead atoms. The van der Waals surface area contributed by atoms with Crippen LogP contribution in [0.3, 0.4) is 0 Å². The van der Waals surface area contributed by atoms with Crippen LogP contribution in [0.2, 0.25) is 0 Å². The molecule has 0 saturated carbocycles. The van der Waals surface area contributed by atoms with Crippen LogP contribution < -0.4 is 14.8 Å². The second-order valence-corrected chi connectivity index (χ2v) is 5.77. The third-order valence-corrected chi connectivity index (χ3v) is 4.47. The molecule has 1 aromatic rings. The Balaban J connectivity index is 2.63. The number of halogens is 1. The van der Waals surface area contributed by atoms with Crippen LogP contribution in [-0.2, 0) is 5.54 Å². The lowest BCUT2D eigenvalue weighted by Crippen LogP contribution is -2.34. The lowest BCUT2D eigenvalue weighted by atomic mass is 9.88. The molecule has 1 aromatic carbocycles. The quantitative estimate of drug-likeness (QED) is 0.928. The topological polar surface area (TPSA) is 30.5 Å². The Hall–Kier alpha value is -0.740. The summed E-state index contributed by atoms with van der Waals surface area (Å²) in [5.41, 5.74) is 2.18. The summed E-state index contributed by atoms with van der Waals surface area (Å²) in [7, 11) is 3.42. The number of methoxy groups -OCH3 is 2. The normalized spacial score (nSPS) is 23.2. The van der Waals surface area contributed by atoms with Gasteiger partial charge < -0.3 is 14.8 Å². The molecule has 1 atom stereocenters. The van der Waals surface area contributed by atoms with Crippen molar-refractivity contribution >= 4 is 15.9 Å². The Labute approximate surface area is 117 Å². The number of hydrogen-bond acceptors (Lipinski definition) is 3. The van der Waals surface area contributed by atoms with Crippen molar-refractivity contribution in [1.29, 1.82) is 0 Å². The zero-order valence-corrected chi connectivity index (χ0v) is 13.0. The highest BCUT2D eigenvalue weighted by atomic mass is 79.9. The van der Waals surface area contributed by atoms with E-state index in [1.807, 2.05) is 13.0 Å². The van der Waals surface area contributed by atoms with E-state index < -0.39 is 0 Å². The van der Waals surface area contributed by atoms with Gasteiger partial charge >= 0.3 is 0 Å². The number of hydrogen-bond donors (Lipinski definition) is 1. The van der Waals surface area contributed by atoms with Gasteiger partial charge in [0.05, 0.1) is 18.7 Å². The molecule has 1 N–H and O–H groups in total. The molecular weight excluding hydrogens is 294 g/mol. The summed E-state index contributed by atoms with van der Waals surface area (Å²) in [6.45, 7) is 5.29. The maximum absolute atomic E-state index is 5.56. The molecule has 1 fully saturated rings. The number of benzene rings is 1. The van der Waals surface area contributed by atoms with Gasteiger partial charge in [-0.05, 0) is 60.8 Å². The predicted molar refractivity (Wildman–Crippen MR) is 76.6 cm³/mol. The Morgan fingerprint density at radius 2 is 2.06 bits per heavy atom. The van der Waals surface area contributed by atoms with E-state index in [9.17, 15) is 0 Å². The minimum atomic E-state index is -0.0504. The highest BCUT2D eigenvalue weighted by Gasteiger charge is 2.36. The fraction of sp³-hybridized carbons (Fsp3) is 0.571. The summed E-state index contributed by atoms with van der Waals surface area (Å²) in [6.07, 6.45) is 2.29. The third-order valence-electron chi connectivity index (χ3n) is 3.72. The maximum atomic E-state index is 5.56. The fourth-order valence-corrected chi connectivity index (χ4v) is 3.87. The summed E-state index contributed by atoms with van der Waals surface area (Å²) >= 11 is 3.68. The van der Waals surface area contributed by atoms with Crippen LogP contribution in [0.25, 0.3) is 0 Å². The molecule has 0 amide bonds. The van der Waals surface area contributed by atoms with Gasteiger partial charge in [-0.25, -0.2) is 0 Å². The van der Waals surface area contributed by atoms with E-state index in [4.69, 9.17) is 9.47 Å². The van der Waals surface area contributed by atoms with Crippen LogP contribution in [0, 0.1) is 6.92 Å². The molecule has 100 valence electrons. The average Bonchev–Trinajstić information content (AvgIpc) is 2.76. The molecule has 3 nitrogen and oxygen atoms in total. The standard InChI is InChI=1S/C14H20BrNO2/c1-9-8-10(17-3)11(12(15)13(9)18-4)14(2)6-5-7-16-14/h8,16H,5-7H2,1-4H3. The fourth-order valence-electron chi connectivity index (χ4n) is 2.76. The molecule has 0 aliphatic carbocycles. The summed E-state index contributed by atoms with van der Waals surface area (Å²) < 4.78 is 12.0. The van der Waals surface area contributed by atoms with Crippen molar-refractivity contribution in [2.24, 2.45) is 0 Å². The van der Waals surface area contributed by atoms with Gasteiger partial charge in [0, 0.05) is 11.1 Å². The molecule has 1 heterocycles. The summed E-state index contributed by atoms with van der Waals surface area (Å²) in [5, 5.41) is 3.57. The first-order chi connectivity index (χ1) is 8.53. The molecule has 2 rings (SSSR count). The largest absolute Gasteiger partial charge is 0.496 e. The van der Waals surface area contributed by atoms with Gasteiger partial charge in [0.2, 0.25) is 0 Å². The molecule has 18 heavy (non-hydrogen) atoms. The van der Waals surface area contributed by atoms with Gasteiger partial charge in [-0.15, -0.1) is 0 Å². The highest BCUT2D eigenvalue weighted by molar-refractivity contribution is 9.10. The van der Waals surface area contributed by atoms with Crippen molar-refractivity contribution in [1.82, 2.24) is 5.32 Å². The number of nitrogens with one attached hydrogen (secondary N) is 1. The van der Waals surface area contributed by atoms with Crippen LogP contribution in [-0.4, -0.2) is 20.8 Å². The van der Waals surface area contributed by atoms with Gasteiger partial charge in [-0.2, -0.15) is 0 Å². The molecule has 4 heteroatoms. The first-order valence-electron chi connectivity index (χ1n) is 6.20. The van der Waals surface area contributed by atoms with E-state index in [1.165, 1.54) is 6.42 Å². The van der Waals surface area contributed by atoms with E-state index in [0.29, 0.717) is 0 Å². The molecule has 1 aliphatic heterocycles. The highest BCUT2D eigenvalue weighted by Crippen LogP contribution is 2.46. The van der Waals surface area contributed by atoms with Gasteiger partial charge in [0.15, 0.2) is 0 Å². The number of aryl methyl sites for hydroxylation is 1. The zero-order chi connectivity index (χ0) is 13.3. The molecular formula is C14H20BrNO2.